The van der Waals surface area contributed by atoms with Crippen molar-refractivity contribution in [2.75, 3.05) is 5.32 Å². The van der Waals surface area contributed by atoms with Crippen LogP contribution in [0, 0.1) is 0 Å². The molecule has 2 N–H and O–H groups in total. The van der Waals surface area contributed by atoms with Gasteiger partial charge >= 0.3 is 6.18 Å². The third-order valence-electron chi connectivity index (χ3n) is 2.48. The second-order valence-electron chi connectivity index (χ2n) is 3.93. The summed E-state index contributed by atoms with van der Waals surface area (Å²) in [6.07, 6.45) is -2.92. The van der Waals surface area contributed by atoms with E-state index in [1.165, 1.54) is 24.5 Å². The second-order valence-corrected chi connectivity index (χ2v) is 4.34. The maximum absolute atomic E-state index is 12.8. The van der Waals surface area contributed by atoms with Crippen LogP contribution in [0.1, 0.15) is 11.3 Å². The number of anilines is 1. The highest BCUT2D eigenvalue weighted by Crippen LogP contribution is 2.34. The quantitative estimate of drug-likeness (QED) is 0.846. The molecule has 0 unspecified atom stereocenters. The summed E-state index contributed by atoms with van der Waals surface area (Å²) in [5, 5.41) is 5.41. The lowest BCUT2D eigenvalue weighted by atomic mass is 10.1. The van der Waals surface area contributed by atoms with E-state index in [0.717, 1.165) is 6.07 Å². The van der Waals surface area contributed by atoms with Gasteiger partial charge in [-0.2, -0.15) is 13.2 Å². The number of halogens is 3. The van der Waals surface area contributed by atoms with Crippen molar-refractivity contribution in [3.8, 4) is 0 Å². The molecule has 0 spiro atoms. The van der Waals surface area contributed by atoms with Gasteiger partial charge in [-0.05, 0) is 36.5 Å². The fraction of sp³-hybridized carbons (Fsp3) is 0.154. The molecule has 2 aromatic rings. The molecule has 0 atom stereocenters. The maximum atomic E-state index is 12.8. The van der Waals surface area contributed by atoms with E-state index in [1.54, 1.807) is 12.1 Å². The zero-order chi connectivity index (χ0) is 14.6. The van der Waals surface area contributed by atoms with Crippen LogP contribution < -0.4 is 10.6 Å². The Balaban J connectivity index is 2.01. The Labute approximate surface area is 118 Å². The smallest absolute Gasteiger partial charge is 0.418 e. The zero-order valence-corrected chi connectivity index (χ0v) is 11.0. The van der Waals surface area contributed by atoms with Gasteiger partial charge in [0.2, 0.25) is 0 Å². The Morgan fingerprint density at radius 3 is 2.55 bits per heavy atom. The van der Waals surface area contributed by atoms with Crippen LogP contribution in [0.4, 0.5) is 18.9 Å². The molecule has 1 aromatic heterocycles. The molecule has 0 bridgehead atoms. The first kappa shape index (κ1) is 14.4. The number of hydrogen-bond donors (Lipinski definition) is 2. The van der Waals surface area contributed by atoms with E-state index in [9.17, 15) is 13.2 Å². The van der Waals surface area contributed by atoms with Crippen molar-refractivity contribution in [1.29, 1.82) is 0 Å². The normalized spacial score (nSPS) is 11.2. The second kappa shape index (κ2) is 5.96. The molecule has 1 heterocycles. The number of nitrogens with one attached hydrogen (secondary N) is 2. The first-order valence-electron chi connectivity index (χ1n) is 5.70. The van der Waals surface area contributed by atoms with Crippen molar-refractivity contribution in [2.45, 2.75) is 12.7 Å². The molecule has 0 amide bonds. The fourth-order valence-corrected chi connectivity index (χ4v) is 1.77. The Kier molecular flexibility index (Phi) is 4.29. The molecule has 3 nitrogen and oxygen atoms in total. The Hall–Kier alpha value is -2.02. The topological polar surface area (TPSA) is 37.2 Å². The van der Waals surface area contributed by atoms with Crippen molar-refractivity contribution >= 4 is 23.0 Å². The molecule has 106 valence electrons. The van der Waals surface area contributed by atoms with E-state index in [-0.39, 0.29) is 10.8 Å². The van der Waals surface area contributed by atoms with Crippen LogP contribution in [0.5, 0.6) is 0 Å². The average molecular weight is 300 g/mol. The predicted octanol–water partition coefficient (Wildman–Crippen LogP) is 3.79. The standard InChI is InChI=1S/C13H11F3N2OS/c14-13(15,16)10-5-1-2-6-11(10)18-12(20)17-8-9-4-3-7-19-9/h1-7H,8H2,(H2,17,18,20). The highest BCUT2D eigenvalue weighted by atomic mass is 32.1. The van der Waals surface area contributed by atoms with Gasteiger partial charge < -0.3 is 15.1 Å². The third kappa shape index (κ3) is 3.74. The molecular weight excluding hydrogens is 289 g/mol. The van der Waals surface area contributed by atoms with Gasteiger partial charge in [0, 0.05) is 0 Å². The van der Waals surface area contributed by atoms with Gasteiger partial charge in [0.05, 0.1) is 24.1 Å². The van der Waals surface area contributed by atoms with Crippen molar-refractivity contribution in [3.05, 3.63) is 54.0 Å². The maximum Gasteiger partial charge on any atom is 0.418 e. The summed E-state index contributed by atoms with van der Waals surface area (Å²) in [7, 11) is 0. The summed E-state index contributed by atoms with van der Waals surface area (Å²) >= 11 is 4.96. The SMILES string of the molecule is FC(F)(F)c1ccccc1NC(=S)NCc1ccco1. The number of furan rings is 1. The zero-order valence-electron chi connectivity index (χ0n) is 10.2. The molecular formula is C13H11F3N2OS. The van der Waals surface area contributed by atoms with E-state index in [1.807, 2.05) is 0 Å². The molecule has 7 heteroatoms. The molecule has 0 fully saturated rings. The molecule has 0 saturated heterocycles. The van der Waals surface area contributed by atoms with Crippen LogP contribution in [-0.4, -0.2) is 5.11 Å². The van der Waals surface area contributed by atoms with Gasteiger partial charge in [0.15, 0.2) is 5.11 Å². The number of para-hydroxylation sites is 1. The third-order valence-corrected chi connectivity index (χ3v) is 2.73. The molecule has 1 aromatic carbocycles. The van der Waals surface area contributed by atoms with Crippen LogP contribution in [0.3, 0.4) is 0 Å². The lowest BCUT2D eigenvalue weighted by Crippen LogP contribution is -2.28. The first-order valence-corrected chi connectivity index (χ1v) is 6.11. The van der Waals surface area contributed by atoms with Crippen LogP contribution in [0.25, 0.3) is 0 Å². The minimum atomic E-state index is -4.43. The molecule has 2 rings (SSSR count). The Morgan fingerprint density at radius 2 is 1.90 bits per heavy atom. The lowest BCUT2D eigenvalue weighted by Gasteiger charge is -2.15. The minimum Gasteiger partial charge on any atom is -0.467 e. The minimum absolute atomic E-state index is 0.0862. The molecule has 0 aliphatic heterocycles. The number of hydrogen-bond acceptors (Lipinski definition) is 2. The first-order chi connectivity index (χ1) is 9.47. The molecule has 0 aliphatic carbocycles. The van der Waals surface area contributed by atoms with Crippen LogP contribution in [0.15, 0.2) is 47.1 Å². The van der Waals surface area contributed by atoms with E-state index in [2.05, 4.69) is 10.6 Å². The summed E-state index contributed by atoms with van der Waals surface area (Å²) in [6.45, 7) is 0.299. The highest BCUT2D eigenvalue weighted by molar-refractivity contribution is 7.80. The fourth-order valence-electron chi connectivity index (χ4n) is 1.59. The van der Waals surface area contributed by atoms with Crippen LogP contribution in [0.2, 0.25) is 0 Å². The lowest BCUT2D eigenvalue weighted by molar-refractivity contribution is -0.136. The molecule has 0 aliphatic rings. The van der Waals surface area contributed by atoms with Crippen molar-refractivity contribution in [1.82, 2.24) is 5.32 Å². The largest absolute Gasteiger partial charge is 0.467 e. The summed E-state index contributed by atoms with van der Waals surface area (Å²) in [6, 6.07) is 8.60. The Bertz CT molecular complexity index is 582. The van der Waals surface area contributed by atoms with E-state index in [0.29, 0.717) is 12.3 Å². The van der Waals surface area contributed by atoms with Gasteiger partial charge in [-0.25, -0.2) is 0 Å². The summed E-state index contributed by atoms with van der Waals surface area (Å²) in [4.78, 5) is 0. The van der Waals surface area contributed by atoms with Crippen LogP contribution in [-0.2, 0) is 12.7 Å². The highest BCUT2D eigenvalue weighted by Gasteiger charge is 2.33. The van der Waals surface area contributed by atoms with Gasteiger partial charge in [0.25, 0.3) is 0 Å². The summed E-state index contributed by atoms with van der Waals surface area (Å²) in [5.74, 6) is 0.637. The van der Waals surface area contributed by atoms with Crippen molar-refractivity contribution in [2.24, 2.45) is 0 Å². The number of rotatable bonds is 3. The van der Waals surface area contributed by atoms with Gasteiger partial charge in [-0.3, -0.25) is 0 Å². The van der Waals surface area contributed by atoms with Gasteiger partial charge in [-0.15, -0.1) is 0 Å². The summed E-state index contributed by atoms with van der Waals surface area (Å²) in [5.41, 5.74) is -0.848. The van der Waals surface area contributed by atoms with Crippen molar-refractivity contribution < 1.29 is 17.6 Å². The predicted molar refractivity (Wildman–Crippen MR) is 73.2 cm³/mol. The number of benzene rings is 1. The van der Waals surface area contributed by atoms with Crippen molar-refractivity contribution in [3.63, 3.8) is 0 Å². The van der Waals surface area contributed by atoms with E-state index < -0.39 is 11.7 Å². The van der Waals surface area contributed by atoms with E-state index >= 15 is 0 Å². The Morgan fingerprint density at radius 1 is 1.15 bits per heavy atom. The summed E-state index contributed by atoms with van der Waals surface area (Å²) < 4.78 is 43.4. The van der Waals surface area contributed by atoms with Gasteiger partial charge in [0.1, 0.15) is 5.76 Å². The monoisotopic (exact) mass is 300 g/mol. The number of thiocarbonyl (C=S) groups is 1. The number of alkyl halides is 3. The molecule has 0 saturated carbocycles. The average Bonchev–Trinajstić information content (AvgIpc) is 2.89. The van der Waals surface area contributed by atoms with E-state index in [4.69, 9.17) is 16.6 Å². The van der Waals surface area contributed by atoms with Crippen LogP contribution >= 0.6 is 12.2 Å². The molecule has 0 radical (unpaired) electrons. The van der Waals surface area contributed by atoms with Gasteiger partial charge in [-0.1, -0.05) is 12.1 Å². The molecule has 20 heavy (non-hydrogen) atoms.